The fraction of sp³-hybridized carbons (Fsp3) is 0.421. The van der Waals surface area contributed by atoms with E-state index >= 15 is 0 Å². The lowest BCUT2D eigenvalue weighted by atomic mass is 10.1. The molecule has 27 heavy (non-hydrogen) atoms. The largest absolute Gasteiger partial charge is 0.486 e. The van der Waals surface area contributed by atoms with Crippen molar-refractivity contribution < 1.29 is 22.6 Å². The molecule has 0 amide bonds. The molecule has 7 nitrogen and oxygen atoms in total. The van der Waals surface area contributed by atoms with Crippen LogP contribution in [0.1, 0.15) is 13.8 Å². The van der Waals surface area contributed by atoms with Gasteiger partial charge in [0, 0.05) is 17.8 Å². The van der Waals surface area contributed by atoms with Crippen LogP contribution in [0.25, 0.3) is 11.1 Å². The van der Waals surface area contributed by atoms with Crippen molar-refractivity contribution in [3.05, 3.63) is 42.6 Å². The first kappa shape index (κ1) is 19.6. The predicted molar refractivity (Wildman–Crippen MR) is 102 cm³/mol. The van der Waals surface area contributed by atoms with Gasteiger partial charge in [0.2, 0.25) is 15.9 Å². The summed E-state index contributed by atoms with van der Waals surface area (Å²) in [6, 6.07) is 10.9. The fourth-order valence-corrected chi connectivity index (χ4v) is 3.59. The summed E-state index contributed by atoms with van der Waals surface area (Å²) in [5, 5.41) is -0.504. The maximum absolute atomic E-state index is 12.1. The summed E-state index contributed by atoms with van der Waals surface area (Å²) in [5.74, 6) is 1.22. The number of nitrogens with one attached hydrogen (secondary N) is 1. The van der Waals surface area contributed by atoms with E-state index in [2.05, 4.69) is 9.71 Å². The highest BCUT2D eigenvalue weighted by molar-refractivity contribution is 7.90. The van der Waals surface area contributed by atoms with Crippen molar-refractivity contribution >= 4 is 10.0 Å². The van der Waals surface area contributed by atoms with E-state index in [0.29, 0.717) is 24.8 Å². The molecule has 0 saturated carbocycles. The Morgan fingerprint density at radius 3 is 2.41 bits per heavy atom. The molecule has 0 aliphatic carbocycles. The Hall–Kier alpha value is -2.16. The molecule has 0 unspecified atom stereocenters. The average Bonchev–Trinajstić information content (AvgIpc) is 3.08. The van der Waals surface area contributed by atoms with Gasteiger partial charge in [-0.3, -0.25) is 0 Å². The second-order valence-electron chi connectivity index (χ2n) is 6.63. The highest BCUT2D eigenvalue weighted by Gasteiger charge is 2.34. The van der Waals surface area contributed by atoms with Crippen LogP contribution >= 0.6 is 0 Å². The van der Waals surface area contributed by atoms with Gasteiger partial charge in [0.05, 0.1) is 31.6 Å². The summed E-state index contributed by atoms with van der Waals surface area (Å²) in [5.41, 5.74) is 1.96. The quantitative estimate of drug-likeness (QED) is 0.778. The van der Waals surface area contributed by atoms with Gasteiger partial charge < -0.3 is 14.2 Å². The maximum atomic E-state index is 12.1. The van der Waals surface area contributed by atoms with Crippen LogP contribution in [0.5, 0.6) is 11.6 Å². The van der Waals surface area contributed by atoms with Gasteiger partial charge in [-0.05, 0) is 37.6 Å². The normalized spacial score (nSPS) is 20.0. The zero-order valence-corrected chi connectivity index (χ0v) is 16.4. The number of hydrogen-bond acceptors (Lipinski definition) is 6. The van der Waals surface area contributed by atoms with Crippen molar-refractivity contribution in [2.45, 2.75) is 31.2 Å². The molecular formula is C19H24N2O5S. The Morgan fingerprint density at radius 2 is 1.81 bits per heavy atom. The van der Waals surface area contributed by atoms with Gasteiger partial charge in [-0.1, -0.05) is 12.1 Å². The summed E-state index contributed by atoms with van der Waals surface area (Å²) in [7, 11) is -1.80. The van der Waals surface area contributed by atoms with E-state index in [1.54, 1.807) is 33.2 Å². The molecule has 1 saturated heterocycles. The summed E-state index contributed by atoms with van der Waals surface area (Å²) in [4.78, 5) is 4.20. The minimum Gasteiger partial charge on any atom is -0.486 e. The van der Waals surface area contributed by atoms with Crippen molar-refractivity contribution in [3.8, 4) is 22.8 Å². The third kappa shape index (κ3) is 4.77. The van der Waals surface area contributed by atoms with E-state index in [1.165, 1.54) is 0 Å². The molecule has 1 aliphatic heterocycles. The second-order valence-corrected chi connectivity index (χ2v) is 8.89. The van der Waals surface area contributed by atoms with Gasteiger partial charge >= 0.3 is 0 Å². The molecular weight excluding hydrogens is 368 g/mol. The number of sulfonamides is 1. The number of pyridine rings is 1. The zero-order chi connectivity index (χ0) is 19.4. The van der Waals surface area contributed by atoms with Crippen molar-refractivity contribution in [3.63, 3.8) is 0 Å². The maximum Gasteiger partial charge on any atom is 0.214 e. The van der Waals surface area contributed by atoms with E-state index in [0.717, 1.165) is 11.1 Å². The first-order chi connectivity index (χ1) is 12.9. The van der Waals surface area contributed by atoms with Crippen LogP contribution in [-0.4, -0.2) is 51.1 Å². The number of nitrogens with zero attached hydrogens (tertiary/aromatic N) is 1. The van der Waals surface area contributed by atoms with Crippen LogP contribution in [-0.2, 0) is 14.8 Å². The molecule has 1 N–H and O–H groups in total. The standard InChI is InChI=1S/C19H24N2O5S/c1-13(2)27(22,23)21-17-11-25-12-18(17)26-16-7-4-14(5-8-16)15-6-9-19(24-3)20-10-15/h4-10,13,17-18,21H,11-12H2,1-3H3/t17-,18+/m0/s1. The predicted octanol–water partition coefficient (Wildman–Crippen LogP) is 2.23. The number of rotatable bonds is 7. The minimum atomic E-state index is -3.38. The SMILES string of the molecule is COc1ccc(-c2ccc(O[C@@H]3COC[C@@H]3NS(=O)(=O)C(C)C)cc2)cn1. The zero-order valence-electron chi connectivity index (χ0n) is 15.6. The Morgan fingerprint density at radius 1 is 1.11 bits per heavy atom. The van der Waals surface area contributed by atoms with E-state index in [-0.39, 0.29) is 6.10 Å². The molecule has 0 spiro atoms. The number of ether oxygens (including phenoxy) is 3. The van der Waals surface area contributed by atoms with E-state index in [4.69, 9.17) is 14.2 Å². The van der Waals surface area contributed by atoms with Crippen LogP contribution in [0.3, 0.4) is 0 Å². The van der Waals surface area contributed by atoms with Crippen molar-refractivity contribution in [1.29, 1.82) is 0 Å². The van der Waals surface area contributed by atoms with Crippen LogP contribution in [0, 0.1) is 0 Å². The summed E-state index contributed by atoms with van der Waals surface area (Å²) in [6.45, 7) is 3.92. The third-order valence-corrected chi connectivity index (χ3v) is 6.26. The molecule has 2 heterocycles. The third-order valence-electron chi connectivity index (χ3n) is 4.39. The highest BCUT2D eigenvalue weighted by atomic mass is 32.2. The van der Waals surface area contributed by atoms with Crippen molar-refractivity contribution in [1.82, 2.24) is 9.71 Å². The molecule has 1 aromatic heterocycles. The lowest BCUT2D eigenvalue weighted by Crippen LogP contribution is -2.47. The van der Waals surface area contributed by atoms with Crippen LogP contribution in [0.15, 0.2) is 42.6 Å². The van der Waals surface area contributed by atoms with E-state index < -0.39 is 21.3 Å². The van der Waals surface area contributed by atoms with Crippen LogP contribution < -0.4 is 14.2 Å². The highest BCUT2D eigenvalue weighted by Crippen LogP contribution is 2.25. The number of methoxy groups -OCH3 is 1. The Kier molecular flexibility index (Phi) is 5.98. The van der Waals surface area contributed by atoms with Gasteiger partial charge in [0.1, 0.15) is 11.9 Å². The Bertz CT molecular complexity index is 851. The fourth-order valence-electron chi connectivity index (χ4n) is 2.68. The van der Waals surface area contributed by atoms with E-state index in [1.807, 2.05) is 30.3 Å². The van der Waals surface area contributed by atoms with Crippen LogP contribution in [0.4, 0.5) is 0 Å². The van der Waals surface area contributed by atoms with Gasteiger partial charge in [-0.15, -0.1) is 0 Å². The van der Waals surface area contributed by atoms with Gasteiger partial charge in [-0.25, -0.2) is 18.1 Å². The molecule has 1 aromatic carbocycles. The molecule has 2 aromatic rings. The topological polar surface area (TPSA) is 86.8 Å². The molecule has 2 atom stereocenters. The first-order valence-corrected chi connectivity index (χ1v) is 10.3. The Labute approximate surface area is 159 Å². The molecule has 146 valence electrons. The molecule has 0 radical (unpaired) electrons. The summed E-state index contributed by atoms with van der Waals surface area (Å²) < 4.78 is 43.3. The van der Waals surface area contributed by atoms with Crippen molar-refractivity contribution in [2.24, 2.45) is 0 Å². The number of hydrogen-bond donors (Lipinski definition) is 1. The number of benzene rings is 1. The minimum absolute atomic E-state index is 0.298. The van der Waals surface area contributed by atoms with Gasteiger partial charge in [0.25, 0.3) is 0 Å². The summed E-state index contributed by atoms with van der Waals surface area (Å²) >= 11 is 0. The lowest BCUT2D eigenvalue weighted by Gasteiger charge is -2.21. The second kappa shape index (κ2) is 8.24. The lowest BCUT2D eigenvalue weighted by molar-refractivity contribution is 0.140. The molecule has 3 rings (SSSR count). The van der Waals surface area contributed by atoms with Crippen molar-refractivity contribution in [2.75, 3.05) is 20.3 Å². The monoisotopic (exact) mass is 392 g/mol. The van der Waals surface area contributed by atoms with Gasteiger partial charge in [-0.2, -0.15) is 0 Å². The summed E-state index contributed by atoms with van der Waals surface area (Å²) in [6.07, 6.45) is 1.38. The Balaban J connectivity index is 1.66. The molecule has 1 aliphatic rings. The van der Waals surface area contributed by atoms with Gasteiger partial charge in [0.15, 0.2) is 0 Å². The number of aromatic nitrogens is 1. The van der Waals surface area contributed by atoms with E-state index in [9.17, 15) is 8.42 Å². The van der Waals surface area contributed by atoms with Crippen LogP contribution in [0.2, 0.25) is 0 Å². The smallest absolute Gasteiger partial charge is 0.214 e. The average molecular weight is 392 g/mol. The first-order valence-electron chi connectivity index (χ1n) is 8.75. The molecule has 8 heteroatoms. The molecule has 1 fully saturated rings. The molecule has 0 bridgehead atoms.